The molecule has 0 amide bonds. The monoisotopic (exact) mass is 423 g/mol. The van der Waals surface area contributed by atoms with Gasteiger partial charge in [0.2, 0.25) is 8.32 Å². The highest BCUT2D eigenvalue weighted by Crippen LogP contribution is 2.57. The maximum atomic E-state index is 13.0. The van der Waals surface area contributed by atoms with Gasteiger partial charge in [-0.05, 0) is 39.9 Å². The summed E-state index contributed by atoms with van der Waals surface area (Å²) in [5, 5.41) is 3.27. The van der Waals surface area contributed by atoms with E-state index in [1.54, 1.807) is 7.11 Å². The fourth-order valence-electron chi connectivity index (χ4n) is 4.71. The molecule has 1 unspecified atom stereocenters. The van der Waals surface area contributed by atoms with E-state index in [1.807, 2.05) is 18.2 Å². The molecule has 0 aliphatic rings. The van der Waals surface area contributed by atoms with E-state index in [0.29, 0.717) is 5.69 Å². The van der Waals surface area contributed by atoms with E-state index in [-0.39, 0.29) is 15.7 Å². The van der Waals surface area contributed by atoms with Crippen LogP contribution in [0, 0.1) is 0 Å². The largest absolute Gasteiger partial charge is 0.416 e. The van der Waals surface area contributed by atoms with Crippen molar-refractivity contribution in [2.24, 2.45) is 0 Å². The lowest BCUT2D eigenvalue weighted by Gasteiger charge is -2.54. The van der Waals surface area contributed by atoms with Crippen LogP contribution < -0.4 is 5.32 Å². The van der Waals surface area contributed by atoms with Gasteiger partial charge in [-0.15, -0.1) is 0 Å². The Hall–Kier alpha value is -1.79. The maximum Gasteiger partial charge on any atom is 0.416 e. The van der Waals surface area contributed by atoms with Gasteiger partial charge in [0.1, 0.15) is 0 Å². The molecule has 1 N–H and O–H groups in total. The molecular formula is C23H32F3NOSi. The van der Waals surface area contributed by atoms with E-state index in [2.05, 4.69) is 59.0 Å². The van der Waals surface area contributed by atoms with Gasteiger partial charge in [0.05, 0.1) is 11.2 Å². The predicted molar refractivity (Wildman–Crippen MR) is 116 cm³/mol. The van der Waals surface area contributed by atoms with Crippen LogP contribution >= 0.6 is 0 Å². The lowest BCUT2D eigenvalue weighted by Crippen LogP contribution is -2.60. The van der Waals surface area contributed by atoms with Gasteiger partial charge in [-0.3, -0.25) is 0 Å². The number of benzene rings is 2. The Kier molecular flexibility index (Phi) is 6.60. The SMILES string of the molecule is CO[Si](C(Nc1ccc(C(F)(F)F)cc1)c1ccccc1)(C(C)(C)C)C(C)(C)C. The van der Waals surface area contributed by atoms with Crippen molar-refractivity contribution in [3.8, 4) is 0 Å². The van der Waals surface area contributed by atoms with Crippen LogP contribution in [0.4, 0.5) is 18.9 Å². The zero-order chi connectivity index (χ0) is 22.1. The second kappa shape index (κ2) is 8.15. The summed E-state index contributed by atoms with van der Waals surface area (Å²) < 4.78 is 45.3. The lowest BCUT2D eigenvalue weighted by molar-refractivity contribution is -0.137. The van der Waals surface area contributed by atoms with Crippen molar-refractivity contribution >= 4 is 14.0 Å². The molecule has 29 heavy (non-hydrogen) atoms. The summed E-state index contributed by atoms with van der Waals surface area (Å²) in [5.74, 6) is 0. The summed E-state index contributed by atoms with van der Waals surface area (Å²) >= 11 is 0. The molecule has 0 heterocycles. The molecule has 0 fully saturated rings. The van der Waals surface area contributed by atoms with Crippen LogP contribution in [0.1, 0.15) is 58.3 Å². The molecule has 0 spiro atoms. The maximum absolute atomic E-state index is 13.0. The molecule has 2 rings (SSSR count). The summed E-state index contributed by atoms with van der Waals surface area (Å²) in [6.45, 7) is 13.2. The summed E-state index contributed by atoms with van der Waals surface area (Å²) in [6.07, 6.45) is -4.35. The molecule has 1 atom stereocenters. The smallest absolute Gasteiger partial charge is 0.416 e. The van der Waals surface area contributed by atoms with Crippen LogP contribution in [0.3, 0.4) is 0 Å². The van der Waals surface area contributed by atoms with Crippen LogP contribution in [0.5, 0.6) is 0 Å². The normalized spacial score (nSPS) is 14.6. The highest BCUT2D eigenvalue weighted by Gasteiger charge is 2.60. The average Bonchev–Trinajstić information content (AvgIpc) is 2.60. The molecule has 160 valence electrons. The van der Waals surface area contributed by atoms with Crippen LogP contribution in [0.2, 0.25) is 10.1 Å². The van der Waals surface area contributed by atoms with Gasteiger partial charge in [-0.2, -0.15) is 13.2 Å². The van der Waals surface area contributed by atoms with Crippen LogP contribution in [0.15, 0.2) is 54.6 Å². The topological polar surface area (TPSA) is 21.3 Å². The number of hydrogen-bond donors (Lipinski definition) is 1. The van der Waals surface area contributed by atoms with E-state index < -0.39 is 20.1 Å². The third kappa shape index (κ3) is 4.69. The highest BCUT2D eigenvalue weighted by molar-refractivity contribution is 6.81. The van der Waals surface area contributed by atoms with Crippen molar-refractivity contribution in [1.82, 2.24) is 0 Å². The van der Waals surface area contributed by atoms with Gasteiger partial charge in [-0.1, -0.05) is 71.9 Å². The predicted octanol–water partition coefficient (Wildman–Crippen LogP) is 7.59. The molecule has 6 heteroatoms. The van der Waals surface area contributed by atoms with Crippen molar-refractivity contribution in [3.05, 3.63) is 65.7 Å². The molecule has 0 aliphatic carbocycles. The first-order chi connectivity index (χ1) is 13.2. The summed E-state index contributed by atoms with van der Waals surface area (Å²) in [5.41, 5.74) is 0.923. The van der Waals surface area contributed by atoms with Crippen LogP contribution in [-0.2, 0) is 10.6 Å². The third-order valence-corrected chi connectivity index (χ3v) is 12.0. The number of halogens is 3. The summed E-state index contributed by atoms with van der Waals surface area (Å²) in [7, 11) is -0.838. The van der Waals surface area contributed by atoms with E-state index in [9.17, 15) is 13.2 Å². The first kappa shape index (κ1) is 23.5. The number of hydrogen-bond acceptors (Lipinski definition) is 2. The molecule has 0 bridgehead atoms. The van der Waals surface area contributed by atoms with E-state index in [1.165, 1.54) is 12.1 Å². The fourth-order valence-corrected chi connectivity index (χ4v) is 11.2. The lowest BCUT2D eigenvalue weighted by atomic mass is 10.2. The Morgan fingerprint density at radius 1 is 0.793 bits per heavy atom. The van der Waals surface area contributed by atoms with Crippen LogP contribution in [0.25, 0.3) is 0 Å². The molecule has 0 aliphatic heterocycles. The Morgan fingerprint density at radius 3 is 1.66 bits per heavy atom. The van der Waals surface area contributed by atoms with Crippen molar-refractivity contribution in [2.45, 2.75) is 63.5 Å². The number of anilines is 1. The zero-order valence-corrected chi connectivity index (χ0v) is 19.3. The Balaban J connectivity index is 2.61. The van der Waals surface area contributed by atoms with Gasteiger partial charge in [0.25, 0.3) is 0 Å². The standard InChI is InChI=1S/C23H32F3NOSi/c1-21(2,3)29(28-7,22(4,5)6)20(17-11-9-8-10-12-17)27-19-15-13-18(14-16-19)23(24,25)26/h8-16,20,27H,1-7H3. The number of rotatable bonds is 5. The van der Waals surface area contributed by atoms with Crippen molar-refractivity contribution in [3.63, 3.8) is 0 Å². The van der Waals surface area contributed by atoms with Crippen molar-refractivity contribution in [1.29, 1.82) is 0 Å². The Morgan fingerprint density at radius 2 is 1.28 bits per heavy atom. The van der Waals surface area contributed by atoms with Gasteiger partial charge in [0.15, 0.2) is 0 Å². The molecule has 2 aromatic rings. The molecular weight excluding hydrogens is 391 g/mol. The quantitative estimate of drug-likeness (QED) is 0.500. The summed E-state index contributed by atoms with van der Waals surface area (Å²) in [4.78, 5) is 0. The highest BCUT2D eigenvalue weighted by atomic mass is 28.4. The Bertz CT molecular complexity index is 776. The minimum absolute atomic E-state index is 0.139. The third-order valence-electron chi connectivity index (χ3n) is 5.61. The molecule has 0 radical (unpaired) electrons. The molecule has 2 aromatic carbocycles. The van der Waals surface area contributed by atoms with Crippen molar-refractivity contribution in [2.75, 3.05) is 12.4 Å². The second-order valence-electron chi connectivity index (χ2n) is 9.50. The zero-order valence-electron chi connectivity index (χ0n) is 18.3. The first-order valence-corrected chi connectivity index (χ1v) is 11.8. The van der Waals surface area contributed by atoms with Gasteiger partial charge < -0.3 is 9.74 Å². The Labute approximate surface area is 173 Å². The average molecular weight is 424 g/mol. The number of alkyl halides is 3. The molecule has 0 aromatic heterocycles. The van der Waals surface area contributed by atoms with Gasteiger partial charge in [0, 0.05) is 12.8 Å². The molecule has 2 nitrogen and oxygen atoms in total. The molecule has 0 saturated heterocycles. The minimum atomic E-state index is -4.35. The van der Waals surface area contributed by atoms with E-state index >= 15 is 0 Å². The first-order valence-electron chi connectivity index (χ1n) is 9.78. The van der Waals surface area contributed by atoms with Crippen LogP contribution in [-0.4, -0.2) is 15.4 Å². The fraction of sp³-hybridized carbons (Fsp3) is 0.478. The van der Waals surface area contributed by atoms with Gasteiger partial charge in [-0.25, -0.2) is 0 Å². The van der Waals surface area contributed by atoms with E-state index in [4.69, 9.17) is 4.43 Å². The second-order valence-corrected chi connectivity index (χ2v) is 15.0. The minimum Gasteiger partial charge on any atom is -0.416 e. The van der Waals surface area contributed by atoms with Crippen molar-refractivity contribution < 1.29 is 17.6 Å². The summed E-state index contributed by atoms with van der Waals surface area (Å²) in [6, 6.07) is 15.3. The number of nitrogens with one attached hydrogen (secondary N) is 1. The van der Waals surface area contributed by atoms with Gasteiger partial charge >= 0.3 is 6.18 Å². The molecule has 0 saturated carbocycles. The van der Waals surface area contributed by atoms with E-state index in [0.717, 1.165) is 17.7 Å².